The molecule has 0 fully saturated rings. The number of phosphoric ester groups is 1. The lowest BCUT2D eigenvalue weighted by atomic mass is 10.0. The molecule has 0 radical (unpaired) electrons. The van der Waals surface area contributed by atoms with Crippen LogP contribution in [-0.4, -0.2) is 70.7 Å². The lowest BCUT2D eigenvalue weighted by molar-refractivity contribution is -0.870. The first kappa shape index (κ1) is 51.5. The van der Waals surface area contributed by atoms with Crippen molar-refractivity contribution in [1.29, 1.82) is 0 Å². The minimum Gasteiger partial charge on any atom is -0.756 e. The van der Waals surface area contributed by atoms with Gasteiger partial charge in [-0.3, -0.25) is 9.36 Å². The van der Waals surface area contributed by atoms with Crippen LogP contribution in [0.5, 0.6) is 0 Å². The molecule has 0 saturated carbocycles. The fraction of sp³-hybridized carbons (Fsp3) is 0.795. The fourth-order valence-electron chi connectivity index (χ4n) is 5.60. The highest BCUT2D eigenvalue weighted by Gasteiger charge is 2.20. The van der Waals surface area contributed by atoms with E-state index in [9.17, 15) is 14.3 Å². The molecule has 0 N–H and O–H groups in total. The number of allylic oxidation sites excluding steroid dienone is 8. The predicted molar refractivity (Wildman–Crippen MR) is 222 cm³/mol. The van der Waals surface area contributed by atoms with E-state index in [-0.39, 0.29) is 32.2 Å². The standard InChI is InChI=1S/C44H82NO7P/c1-6-8-10-12-14-16-18-20-22-23-24-25-27-29-31-33-35-37-44(46)52-43(42-51-53(47,48)50-40-38-45(3,4)5)41-49-39-36-34-32-30-28-26-21-19-17-15-13-11-9-7-2/h8,10,14,16,20,22,24-25,43H,6-7,9,11-13,15,17-19,21,23,26-42H2,1-5H3/b10-8-,16-14-,22-20-,25-24-/t43-/m1/s1. The SMILES string of the molecule is CC/C=C\C/C=C\C/C=C\C/C=C\CCCCCCC(=O)O[C@H](COCCCCCCCCCCCCCCCC)COP(=O)([O-])OCC[N+](C)(C)C. The van der Waals surface area contributed by atoms with E-state index in [0.29, 0.717) is 17.6 Å². The highest BCUT2D eigenvalue weighted by atomic mass is 31.2. The quantitative estimate of drug-likeness (QED) is 0.0202. The third-order valence-electron chi connectivity index (χ3n) is 8.89. The summed E-state index contributed by atoms with van der Waals surface area (Å²) in [7, 11) is 1.34. The lowest BCUT2D eigenvalue weighted by Gasteiger charge is -2.28. The van der Waals surface area contributed by atoms with Gasteiger partial charge in [0, 0.05) is 13.0 Å². The Balaban J connectivity index is 4.30. The first-order chi connectivity index (χ1) is 25.6. The Morgan fingerprint density at radius 2 is 1.09 bits per heavy atom. The molecule has 0 spiro atoms. The van der Waals surface area contributed by atoms with Crippen molar-refractivity contribution < 1.29 is 37.3 Å². The maximum atomic E-state index is 12.7. The van der Waals surface area contributed by atoms with Crippen LogP contribution in [0.3, 0.4) is 0 Å². The van der Waals surface area contributed by atoms with Gasteiger partial charge >= 0.3 is 5.97 Å². The van der Waals surface area contributed by atoms with E-state index < -0.39 is 13.9 Å². The molecule has 2 atom stereocenters. The minimum atomic E-state index is -4.53. The molecule has 0 rings (SSSR count). The summed E-state index contributed by atoms with van der Waals surface area (Å²) in [5.74, 6) is -0.357. The van der Waals surface area contributed by atoms with Gasteiger partial charge in [0.05, 0.1) is 34.4 Å². The molecule has 53 heavy (non-hydrogen) atoms. The number of esters is 1. The second-order valence-electron chi connectivity index (χ2n) is 15.3. The Bertz CT molecular complexity index is 989. The van der Waals surface area contributed by atoms with Crippen LogP contribution in [0, 0.1) is 0 Å². The number of nitrogens with zero attached hydrogens (tertiary/aromatic N) is 1. The zero-order valence-corrected chi connectivity index (χ0v) is 35.8. The van der Waals surface area contributed by atoms with Crippen molar-refractivity contribution in [1.82, 2.24) is 0 Å². The van der Waals surface area contributed by atoms with Gasteiger partial charge in [-0.1, -0.05) is 159 Å². The van der Waals surface area contributed by atoms with Crippen molar-refractivity contribution in [3.63, 3.8) is 0 Å². The van der Waals surface area contributed by atoms with Gasteiger partial charge in [0.25, 0.3) is 7.82 Å². The summed E-state index contributed by atoms with van der Waals surface area (Å²) in [5.41, 5.74) is 0. The number of ether oxygens (including phenoxy) is 2. The molecule has 0 aliphatic carbocycles. The molecule has 0 saturated heterocycles. The van der Waals surface area contributed by atoms with Crippen molar-refractivity contribution in [3.05, 3.63) is 48.6 Å². The van der Waals surface area contributed by atoms with Crippen molar-refractivity contribution >= 4 is 13.8 Å². The Labute approximate surface area is 327 Å². The van der Waals surface area contributed by atoms with Crippen LogP contribution in [0.4, 0.5) is 0 Å². The number of likely N-dealkylation sites (N-methyl/N-ethyl adjacent to an activating group) is 1. The molecule has 0 aromatic rings. The number of unbranched alkanes of at least 4 members (excludes halogenated alkanes) is 17. The largest absolute Gasteiger partial charge is 0.756 e. The highest BCUT2D eigenvalue weighted by Crippen LogP contribution is 2.38. The maximum absolute atomic E-state index is 12.7. The molecule has 0 aliphatic rings. The first-order valence-corrected chi connectivity index (χ1v) is 22.8. The van der Waals surface area contributed by atoms with Crippen molar-refractivity contribution in [2.45, 2.75) is 174 Å². The Morgan fingerprint density at radius 3 is 1.64 bits per heavy atom. The number of carbonyl (C=O) groups excluding carboxylic acids is 1. The molecule has 0 aliphatic heterocycles. The summed E-state index contributed by atoms with van der Waals surface area (Å²) in [6.07, 6.45) is 44.0. The third-order valence-corrected chi connectivity index (χ3v) is 9.86. The van der Waals surface area contributed by atoms with Crippen LogP contribution in [0.1, 0.15) is 168 Å². The van der Waals surface area contributed by atoms with Crippen LogP contribution < -0.4 is 4.89 Å². The molecule has 0 heterocycles. The number of phosphoric acid groups is 1. The van der Waals surface area contributed by atoms with E-state index in [1.807, 2.05) is 21.1 Å². The van der Waals surface area contributed by atoms with Crippen LogP contribution in [0.2, 0.25) is 0 Å². The second-order valence-corrected chi connectivity index (χ2v) is 16.7. The van der Waals surface area contributed by atoms with Crippen LogP contribution in [0.25, 0.3) is 0 Å². The van der Waals surface area contributed by atoms with E-state index in [1.54, 1.807) is 0 Å². The van der Waals surface area contributed by atoms with Crippen LogP contribution in [-0.2, 0) is 27.9 Å². The van der Waals surface area contributed by atoms with Gasteiger partial charge < -0.3 is 27.9 Å². The van der Waals surface area contributed by atoms with Crippen LogP contribution >= 0.6 is 7.82 Å². The van der Waals surface area contributed by atoms with Gasteiger partial charge in [-0.05, 0) is 51.4 Å². The smallest absolute Gasteiger partial charge is 0.306 e. The number of hydrogen-bond donors (Lipinski definition) is 0. The minimum absolute atomic E-state index is 0.0205. The summed E-state index contributed by atoms with van der Waals surface area (Å²) in [5, 5.41) is 0. The van der Waals surface area contributed by atoms with Gasteiger partial charge in [0.2, 0.25) is 0 Å². The molecule has 310 valence electrons. The molecule has 9 heteroatoms. The summed E-state index contributed by atoms with van der Waals surface area (Å²) in [4.78, 5) is 25.0. The zero-order valence-electron chi connectivity index (χ0n) is 35.0. The molecule has 8 nitrogen and oxygen atoms in total. The number of quaternary nitrogens is 1. The van der Waals surface area contributed by atoms with Gasteiger partial charge in [-0.15, -0.1) is 0 Å². The predicted octanol–water partition coefficient (Wildman–Crippen LogP) is 11.7. The van der Waals surface area contributed by atoms with Crippen molar-refractivity contribution in [2.75, 3.05) is 54.1 Å². The fourth-order valence-corrected chi connectivity index (χ4v) is 6.32. The highest BCUT2D eigenvalue weighted by molar-refractivity contribution is 7.45. The number of hydrogen-bond acceptors (Lipinski definition) is 7. The van der Waals surface area contributed by atoms with E-state index in [0.717, 1.165) is 70.6 Å². The van der Waals surface area contributed by atoms with Gasteiger partial charge in [0.15, 0.2) is 0 Å². The van der Waals surface area contributed by atoms with E-state index in [2.05, 4.69) is 62.5 Å². The maximum Gasteiger partial charge on any atom is 0.306 e. The average molecular weight is 768 g/mol. The monoisotopic (exact) mass is 768 g/mol. The van der Waals surface area contributed by atoms with Crippen molar-refractivity contribution in [3.8, 4) is 0 Å². The Morgan fingerprint density at radius 1 is 0.604 bits per heavy atom. The molecule has 0 bridgehead atoms. The Kier molecular flexibility index (Phi) is 36.3. The molecule has 1 unspecified atom stereocenters. The molecule has 0 aromatic heterocycles. The number of rotatable bonds is 39. The van der Waals surface area contributed by atoms with Gasteiger partial charge in [-0.2, -0.15) is 0 Å². The normalized spacial score (nSPS) is 14.3. The molecular weight excluding hydrogens is 685 g/mol. The molecular formula is C44H82NO7P. The summed E-state index contributed by atoms with van der Waals surface area (Å²) in [6.45, 7) is 5.27. The van der Waals surface area contributed by atoms with Gasteiger partial charge in [0.1, 0.15) is 19.3 Å². The summed E-state index contributed by atoms with van der Waals surface area (Å²) in [6, 6.07) is 0. The topological polar surface area (TPSA) is 94.1 Å². The van der Waals surface area contributed by atoms with E-state index in [1.165, 1.54) is 77.0 Å². The Hall–Kier alpha value is -1.54. The van der Waals surface area contributed by atoms with Gasteiger partial charge in [-0.25, -0.2) is 0 Å². The average Bonchev–Trinajstić information content (AvgIpc) is 3.11. The summed E-state index contributed by atoms with van der Waals surface area (Å²) < 4.78 is 34.5. The van der Waals surface area contributed by atoms with E-state index in [4.69, 9.17) is 18.5 Å². The summed E-state index contributed by atoms with van der Waals surface area (Å²) >= 11 is 0. The number of carbonyl (C=O) groups is 1. The molecule has 0 aromatic carbocycles. The third kappa shape index (κ3) is 41.5. The first-order valence-electron chi connectivity index (χ1n) is 21.4. The van der Waals surface area contributed by atoms with Crippen LogP contribution in [0.15, 0.2) is 48.6 Å². The lowest BCUT2D eigenvalue weighted by Crippen LogP contribution is -2.37. The van der Waals surface area contributed by atoms with E-state index >= 15 is 0 Å². The molecule has 0 amide bonds. The zero-order chi connectivity index (χ0) is 39.1. The van der Waals surface area contributed by atoms with Crippen molar-refractivity contribution in [2.24, 2.45) is 0 Å². The second kappa shape index (κ2) is 37.4.